The maximum absolute atomic E-state index is 9.74. The lowest BCUT2D eigenvalue weighted by Gasteiger charge is -2.03. The quantitative estimate of drug-likeness (QED) is 0.322. The lowest BCUT2D eigenvalue weighted by molar-refractivity contribution is -0.366. The van der Waals surface area contributed by atoms with Crippen LogP contribution in [-0.2, 0) is 9.88 Å². The molecule has 48 valence electrons. The molecule has 0 bridgehead atoms. The molecule has 5 heteroatoms. The Morgan fingerprint density at radius 2 is 2.12 bits per heavy atom. The highest BCUT2D eigenvalue weighted by molar-refractivity contribution is 6.61. The van der Waals surface area contributed by atoms with Gasteiger partial charge < -0.3 is 0 Å². The number of rotatable bonds is 2. The molecule has 0 radical (unpaired) electrons. The summed E-state index contributed by atoms with van der Waals surface area (Å²) in [5.74, 6) is 0. The molecule has 0 saturated carbocycles. The third-order valence-electron chi connectivity index (χ3n) is 0.252. The van der Waals surface area contributed by atoms with Crippen molar-refractivity contribution in [1.82, 2.24) is 5.06 Å². The van der Waals surface area contributed by atoms with E-state index in [4.69, 9.17) is 11.6 Å². The summed E-state index contributed by atoms with van der Waals surface area (Å²) in [5, 5.41) is 1.19. The van der Waals surface area contributed by atoms with E-state index in [2.05, 4.69) is 9.88 Å². The lowest BCUT2D eigenvalue weighted by atomic mass is 11.2. The van der Waals surface area contributed by atoms with Gasteiger partial charge in [-0.3, -0.25) is 4.89 Å². The second-order valence-electron chi connectivity index (χ2n) is 1.21. The molecule has 0 aromatic rings. The van der Waals surface area contributed by atoms with Crippen molar-refractivity contribution in [1.29, 1.82) is 0 Å². The Morgan fingerprint density at radius 1 is 1.62 bits per heavy atom. The topological polar surface area (TPSA) is 38.8 Å². The van der Waals surface area contributed by atoms with Gasteiger partial charge in [-0.2, -0.15) is 5.06 Å². The van der Waals surface area contributed by atoms with Gasteiger partial charge in [-0.1, -0.05) is 4.99 Å². The fourth-order valence-electron chi connectivity index (χ4n) is 0.104. The van der Waals surface area contributed by atoms with Gasteiger partial charge in [-0.05, 0) is 0 Å². The first-order valence-corrected chi connectivity index (χ1v) is 2.22. The summed E-state index contributed by atoms with van der Waals surface area (Å²) < 4.78 is 0. The molecule has 0 amide bonds. The van der Waals surface area contributed by atoms with E-state index in [9.17, 15) is 4.79 Å². The van der Waals surface area contributed by atoms with Crippen molar-refractivity contribution in [2.45, 2.75) is 0 Å². The van der Waals surface area contributed by atoms with E-state index in [1.165, 1.54) is 5.06 Å². The zero-order chi connectivity index (χ0) is 6.57. The number of hydrogen-bond donors (Lipinski definition) is 0. The second-order valence-corrected chi connectivity index (χ2v) is 1.52. The lowest BCUT2D eigenvalue weighted by Crippen LogP contribution is -2.13. The van der Waals surface area contributed by atoms with Crippen LogP contribution in [0.3, 0.4) is 0 Å². The summed E-state index contributed by atoms with van der Waals surface area (Å²) in [7, 11) is 3.11. The Kier molecular flexibility index (Phi) is 3.51. The van der Waals surface area contributed by atoms with Crippen molar-refractivity contribution in [3.63, 3.8) is 0 Å². The molecule has 0 aromatic heterocycles. The monoisotopic (exact) mass is 139 g/mol. The van der Waals surface area contributed by atoms with Crippen molar-refractivity contribution in [3.8, 4) is 0 Å². The molecule has 0 heterocycles. The highest BCUT2D eigenvalue weighted by atomic mass is 35.5. The van der Waals surface area contributed by atoms with E-state index in [0.29, 0.717) is 0 Å². The standard InChI is InChI=1S/C3H6ClNO3/c1-5(2)8-7-3(4)6/h1-2H3. The van der Waals surface area contributed by atoms with Crippen molar-refractivity contribution in [3.05, 3.63) is 0 Å². The minimum atomic E-state index is -0.987. The van der Waals surface area contributed by atoms with Crippen LogP contribution in [0.1, 0.15) is 0 Å². The fraction of sp³-hybridized carbons (Fsp3) is 0.667. The first kappa shape index (κ1) is 7.68. The minimum absolute atomic E-state index is 0.987. The van der Waals surface area contributed by atoms with E-state index in [-0.39, 0.29) is 0 Å². The van der Waals surface area contributed by atoms with Crippen LogP contribution in [0.5, 0.6) is 0 Å². The van der Waals surface area contributed by atoms with Gasteiger partial charge in [0, 0.05) is 25.7 Å². The number of hydrogen-bond acceptors (Lipinski definition) is 4. The molecule has 0 unspecified atom stereocenters. The zero-order valence-corrected chi connectivity index (χ0v) is 5.31. The number of halogens is 1. The van der Waals surface area contributed by atoms with E-state index < -0.39 is 5.43 Å². The molecule has 0 rings (SSSR count). The van der Waals surface area contributed by atoms with Crippen LogP contribution in [0.25, 0.3) is 0 Å². The van der Waals surface area contributed by atoms with Crippen LogP contribution in [0.15, 0.2) is 0 Å². The van der Waals surface area contributed by atoms with Crippen LogP contribution in [0, 0.1) is 0 Å². The van der Waals surface area contributed by atoms with E-state index in [1.54, 1.807) is 14.1 Å². The summed E-state index contributed by atoms with van der Waals surface area (Å²) >= 11 is 4.71. The average Bonchev–Trinajstić information content (AvgIpc) is 1.61. The van der Waals surface area contributed by atoms with Crippen molar-refractivity contribution in [2.24, 2.45) is 0 Å². The molecule has 8 heavy (non-hydrogen) atoms. The Bertz CT molecular complexity index is 84.6. The van der Waals surface area contributed by atoms with Gasteiger partial charge in [0.2, 0.25) is 0 Å². The summed E-state index contributed by atoms with van der Waals surface area (Å²) in [6.07, 6.45) is 0. The van der Waals surface area contributed by atoms with Crippen LogP contribution in [0.2, 0.25) is 0 Å². The highest BCUT2D eigenvalue weighted by Gasteiger charge is 1.95. The predicted molar refractivity (Wildman–Crippen MR) is 27.1 cm³/mol. The van der Waals surface area contributed by atoms with Crippen molar-refractivity contribution in [2.75, 3.05) is 14.1 Å². The van der Waals surface area contributed by atoms with Crippen LogP contribution < -0.4 is 0 Å². The normalized spacial score (nSPS) is 9.50. The van der Waals surface area contributed by atoms with Crippen molar-refractivity contribution < 1.29 is 14.7 Å². The largest absolute Gasteiger partial charge is 0.437 e. The van der Waals surface area contributed by atoms with Gasteiger partial charge in [0.25, 0.3) is 0 Å². The minimum Gasteiger partial charge on any atom is -0.262 e. The smallest absolute Gasteiger partial charge is 0.262 e. The molecule has 0 atom stereocenters. The van der Waals surface area contributed by atoms with Crippen molar-refractivity contribution >= 4 is 17.0 Å². The summed E-state index contributed by atoms with van der Waals surface area (Å²) in [6.45, 7) is 0. The van der Waals surface area contributed by atoms with Gasteiger partial charge in [0.05, 0.1) is 0 Å². The van der Waals surface area contributed by atoms with Gasteiger partial charge in [0.15, 0.2) is 0 Å². The molecule has 0 aliphatic carbocycles. The van der Waals surface area contributed by atoms with Crippen LogP contribution >= 0.6 is 11.6 Å². The molecular formula is C3H6ClNO3. The van der Waals surface area contributed by atoms with Gasteiger partial charge in [-0.25, -0.2) is 4.79 Å². The van der Waals surface area contributed by atoms with E-state index in [0.717, 1.165) is 0 Å². The van der Waals surface area contributed by atoms with Crippen LogP contribution in [-0.4, -0.2) is 24.6 Å². The maximum Gasteiger partial charge on any atom is 0.437 e. The Balaban J connectivity index is 3.05. The Labute approximate surface area is 51.8 Å². The molecule has 0 aromatic carbocycles. The van der Waals surface area contributed by atoms with Gasteiger partial charge in [0.1, 0.15) is 0 Å². The Morgan fingerprint density at radius 3 is 2.25 bits per heavy atom. The Hall–Kier alpha value is -0.320. The molecular weight excluding hydrogens is 133 g/mol. The molecule has 0 spiro atoms. The summed E-state index contributed by atoms with van der Waals surface area (Å²) in [4.78, 5) is 17.8. The molecule has 4 nitrogen and oxygen atoms in total. The van der Waals surface area contributed by atoms with Gasteiger partial charge >= 0.3 is 5.43 Å². The zero-order valence-electron chi connectivity index (χ0n) is 4.55. The number of carbonyl (C=O) groups excluding carboxylic acids is 1. The number of hydroxylamine groups is 2. The molecule has 0 aliphatic heterocycles. The fourth-order valence-corrected chi connectivity index (χ4v) is 0.132. The SMILES string of the molecule is CN(C)OOC(=O)Cl. The highest BCUT2D eigenvalue weighted by Crippen LogP contribution is 1.88. The molecule has 0 aliphatic rings. The van der Waals surface area contributed by atoms with E-state index in [1.807, 2.05) is 0 Å². The maximum atomic E-state index is 9.74. The first-order valence-electron chi connectivity index (χ1n) is 1.84. The molecule has 0 fully saturated rings. The second kappa shape index (κ2) is 3.65. The number of nitrogens with zero attached hydrogens (tertiary/aromatic N) is 1. The molecule has 0 N–H and O–H groups in total. The molecule has 0 saturated heterocycles. The van der Waals surface area contributed by atoms with Gasteiger partial charge in [-0.15, -0.1) is 0 Å². The first-order chi connectivity index (χ1) is 3.63. The third-order valence-corrected chi connectivity index (χ3v) is 0.315. The predicted octanol–water partition coefficient (Wildman–Crippen LogP) is 0.770. The third kappa shape index (κ3) is 5.68. The van der Waals surface area contributed by atoms with E-state index >= 15 is 0 Å². The van der Waals surface area contributed by atoms with Crippen LogP contribution in [0.4, 0.5) is 4.79 Å². The number of carbonyl (C=O) groups is 1. The average molecular weight is 140 g/mol. The summed E-state index contributed by atoms with van der Waals surface area (Å²) in [6, 6.07) is 0. The summed E-state index contributed by atoms with van der Waals surface area (Å²) in [5.41, 5.74) is -0.987.